The van der Waals surface area contributed by atoms with Gasteiger partial charge in [-0.3, -0.25) is 4.79 Å². The zero-order valence-electron chi connectivity index (χ0n) is 9.86. The SMILES string of the molecule is CC(=O)c1cc(F)ccc1-n1nc(C)nc1C. The summed E-state index contributed by atoms with van der Waals surface area (Å²) in [5.41, 5.74) is 0.856. The topological polar surface area (TPSA) is 47.8 Å². The summed E-state index contributed by atoms with van der Waals surface area (Å²) in [6, 6.07) is 4.06. The largest absolute Gasteiger partial charge is 0.294 e. The van der Waals surface area contributed by atoms with Crippen LogP contribution in [0.15, 0.2) is 18.2 Å². The van der Waals surface area contributed by atoms with Gasteiger partial charge in [-0.15, -0.1) is 0 Å². The van der Waals surface area contributed by atoms with Crippen LogP contribution >= 0.6 is 0 Å². The maximum Gasteiger partial charge on any atom is 0.162 e. The fraction of sp³-hybridized carbons (Fsp3) is 0.250. The van der Waals surface area contributed by atoms with Crippen molar-refractivity contribution in [2.75, 3.05) is 0 Å². The lowest BCUT2D eigenvalue weighted by molar-refractivity contribution is 0.101. The lowest BCUT2D eigenvalue weighted by atomic mass is 10.1. The number of aryl methyl sites for hydroxylation is 2. The third kappa shape index (κ3) is 2.08. The Morgan fingerprint density at radius 3 is 2.59 bits per heavy atom. The number of Topliss-reactive ketones (excluding diaryl/α,β-unsaturated/α-hetero) is 1. The quantitative estimate of drug-likeness (QED) is 0.747. The van der Waals surface area contributed by atoms with E-state index >= 15 is 0 Å². The predicted octanol–water partition coefficient (Wildman–Crippen LogP) is 2.23. The molecule has 0 aliphatic heterocycles. The molecule has 0 aliphatic rings. The van der Waals surface area contributed by atoms with Gasteiger partial charge in [0.25, 0.3) is 0 Å². The van der Waals surface area contributed by atoms with Gasteiger partial charge in [-0.1, -0.05) is 0 Å². The minimum Gasteiger partial charge on any atom is -0.294 e. The summed E-state index contributed by atoms with van der Waals surface area (Å²) in [4.78, 5) is 15.6. The van der Waals surface area contributed by atoms with Gasteiger partial charge in [-0.25, -0.2) is 14.1 Å². The molecule has 0 fully saturated rings. The number of halogens is 1. The Labute approximate surface area is 98.1 Å². The molecule has 0 saturated heterocycles. The van der Waals surface area contributed by atoms with Crippen LogP contribution in [0.4, 0.5) is 4.39 Å². The van der Waals surface area contributed by atoms with Crippen LogP contribution in [-0.2, 0) is 0 Å². The minimum atomic E-state index is -0.437. The Morgan fingerprint density at radius 1 is 1.35 bits per heavy atom. The van der Waals surface area contributed by atoms with Crippen LogP contribution in [0.1, 0.15) is 28.9 Å². The fourth-order valence-corrected chi connectivity index (χ4v) is 1.72. The van der Waals surface area contributed by atoms with Crippen molar-refractivity contribution in [2.24, 2.45) is 0 Å². The first-order valence-electron chi connectivity index (χ1n) is 5.20. The van der Waals surface area contributed by atoms with Crippen molar-refractivity contribution in [3.8, 4) is 5.69 Å². The molecule has 88 valence electrons. The summed E-state index contributed by atoms with van der Waals surface area (Å²) in [5.74, 6) is 0.637. The number of ketones is 1. The van der Waals surface area contributed by atoms with Crippen molar-refractivity contribution in [3.05, 3.63) is 41.2 Å². The molecule has 1 aromatic heterocycles. The normalized spacial score (nSPS) is 10.6. The Kier molecular flexibility index (Phi) is 2.75. The number of benzene rings is 1. The summed E-state index contributed by atoms with van der Waals surface area (Å²) in [5, 5.41) is 4.18. The predicted molar refractivity (Wildman–Crippen MR) is 60.8 cm³/mol. The van der Waals surface area contributed by atoms with Crippen molar-refractivity contribution in [1.82, 2.24) is 14.8 Å². The third-order valence-electron chi connectivity index (χ3n) is 2.44. The summed E-state index contributed by atoms with van der Waals surface area (Å²) in [7, 11) is 0. The lowest BCUT2D eigenvalue weighted by Gasteiger charge is -2.07. The van der Waals surface area contributed by atoms with Gasteiger partial charge >= 0.3 is 0 Å². The zero-order chi connectivity index (χ0) is 12.6. The average Bonchev–Trinajstić information content (AvgIpc) is 2.57. The highest BCUT2D eigenvalue weighted by molar-refractivity contribution is 5.97. The summed E-state index contributed by atoms with van der Waals surface area (Å²) < 4.78 is 14.7. The fourth-order valence-electron chi connectivity index (χ4n) is 1.72. The van der Waals surface area contributed by atoms with Crippen LogP contribution in [-0.4, -0.2) is 20.5 Å². The zero-order valence-corrected chi connectivity index (χ0v) is 9.86. The van der Waals surface area contributed by atoms with E-state index in [0.29, 0.717) is 22.9 Å². The van der Waals surface area contributed by atoms with E-state index in [1.165, 1.54) is 25.1 Å². The molecule has 0 unspecified atom stereocenters. The first kappa shape index (κ1) is 11.4. The number of nitrogens with zero attached hydrogens (tertiary/aromatic N) is 3. The molecule has 0 spiro atoms. The van der Waals surface area contributed by atoms with Gasteiger partial charge in [0.05, 0.1) is 5.69 Å². The number of carbonyl (C=O) groups is 1. The molecular formula is C12H12FN3O. The van der Waals surface area contributed by atoms with Gasteiger partial charge in [0.15, 0.2) is 5.78 Å². The van der Waals surface area contributed by atoms with E-state index in [1.54, 1.807) is 18.5 Å². The molecule has 0 bridgehead atoms. The van der Waals surface area contributed by atoms with Crippen LogP contribution in [0.25, 0.3) is 5.69 Å². The Hall–Kier alpha value is -2.04. The van der Waals surface area contributed by atoms with Crippen LogP contribution in [0.3, 0.4) is 0 Å². The Balaban J connectivity index is 2.67. The van der Waals surface area contributed by atoms with E-state index in [9.17, 15) is 9.18 Å². The van der Waals surface area contributed by atoms with Crippen LogP contribution < -0.4 is 0 Å². The minimum absolute atomic E-state index is 0.202. The molecule has 1 heterocycles. The van der Waals surface area contributed by atoms with Crippen molar-refractivity contribution in [2.45, 2.75) is 20.8 Å². The number of hydrogen-bond donors (Lipinski definition) is 0. The molecule has 1 aromatic carbocycles. The number of carbonyl (C=O) groups excluding carboxylic acids is 1. The summed E-state index contributed by atoms with van der Waals surface area (Å²) >= 11 is 0. The van der Waals surface area contributed by atoms with Crippen LogP contribution in [0.2, 0.25) is 0 Å². The third-order valence-corrected chi connectivity index (χ3v) is 2.44. The highest BCUT2D eigenvalue weighted by Crippen LogP contribution is 2.17. The molecule has 0 aliphatic carbocycles. The monoisotopic (exact) mass is 233 g/mol. The smallest absolute Gasteiger partial charge is 0.162 e. The van der Waals surface area contributed by atoms with Crippen molar-refractivity contribution < 1.29 is 9.18 Å². The number of rotatable bonds is 2. The van der Waals surface area contributed by atoms with Gasteiger partial charge in [0, 0.05) is 5.56 Å². The van der Waals surface area contributed by atoms with E-state index in [1.807, 2.05) is 0 Å². The molecule has 5 heteroatoms. The second kappa shape index (κ2) is 4.08. The maximum atomic E-state index is 13.1. The van der Waals surface area contributed by atoms with Crippen LogP contribution in [0.5, 0.6) is 0 Å². The van der Waals surface area contributed by atoms with Crippen LogP contribution in [0, 0.1) is 19.7 Å². The van der Waals surface area contributed by atoms with E-state index in [4.69, 9.17) is 0 Å². The molecule has 0 radical (unpaired) electrons. The van der Waals surface area contributed by atoms with Crippen molar-refractivity contribution in [3.63, 3.8) is 0 Å². The Morgan fingerprint density at radius 2 is 2.06 bits per heavy atom. The van der Waals surface area contributed by atoms with Crippen molar-refractivity contribution in [1.29, 1.82) is 0 Å². The highest BCUT2D eigenvalue weighted by Gasteiger charge is 2.13. The Bertz CT molecular complexity index is 589. The standard InChI is InChI=1S/C12H12FN3O/c1-7(17)11-6-10(13)4-5-12(11)16-9(3)14-8(2)15-16/h4-6H,1-3H3. The number of hydrogen-bond acceptors (Lipinski definition) is 3. The molecule has 0 saturated carbocycles. The van der Waals surface area contributed by atoms with E-state index in [-0.39, 0.29) is 5.78 Å². The first-order chi connectivity index (χ1) is 7.99. The van der Waals surface area contributed by atoms with Gasteiger partial charge in [-0.2, -0.15) is 5.10 Å². The molecule has 4 nitrogen and oxygen atoms in total. The maximum absolute atomic E-state index is 13.1. The van der Waals surface area contributed by atoms with Gasteiger partial charge in [-0.05, 0) is 39.0 Å². The molecule has 2 aromatic rings. The van der Waals surface area contributed by atoms with Gasteiger partial charge < -0.3 is 0 Å². The van der Waals surface area contributed by atoms with Crippen molar-refractivity contribution >= 4 is 5.78 Å². The van der Waals surface area contributed by atoms with E-state index in [2.05, 4.69) is 10.1 Å². The second-order valence-corrected chi connectivity index (χ2v) is 3.84. The van der Waals surface area contributed by atoms with Gasteiger partial charge in [0.2, 0.25) is 0 Å². The molecule has 0 atom stereocenters. The summed E-state index contributed by atoms with van der Waals surface area (Å²) in [6.45, 7) is 4.95. The van der Waals surface area contributed by atoms with E-state index < -0.39 is 5.82 Å². The van der Waals surface area contributed by atoms with E-state index in [0.717, 1.165) is 0 Å². The molecule has 0 amide bonds. The van der Waals surface area contributed by atoms with Gasteiger partial charge in [0.1, 0.15) is 17.5 Å². The summed E-state index contributed by atoms with van der Waals surface area (Å²) in [6.07, 6.45) is 0. The average molecular weight is 233 g/mol. The first-order valence-corrected chi connectivity index (χ1v) is 5.20. The highest BCUT2D eigenvalue weighted by atomic mass is 19.1. The molecular weight excluding hydrogens is 221 g/mol. The molecule has 2 rings (SSSR count). The number of aromatic nitrogens is 3. The molecule has 0 N–H and O–H groups in total. The second-order valence-electron chi connectivity index (χ2n) is 3.84. The molecule has 17 heavy (non-hydrogen) atoms. The lowest BCUT2D eigenvalue weighted by Crippen LogP contribution is -2.07.